The monoisotopic (exact) mass is 315 g/mol. The molecule has 2 saturated heterocycles. The Morgan fingerprint density at radius 2 is 1.95 bits per heavy atom. The van der Waals surface area contributed by atoms with Crippen molar-refractivity contribution in [2.24, 2.45) is 11.3 Å². The van der Waals surface area contributed by atoms with Crippen LogP contribution in [-0.4, -0.2) is 28.5 Å². The third kappa shape index (κ3) is 1.65. The molecule has 5 rings (SSSR count). The molecule has 0 bridgehead atoms. The second-order valence-corrected chi connectivity index (χ2v) is 9.28. The number of thioether (sulfide) groups is 1. The maximum absolute atomic E-state index is 6.47. The Morgan fingerprint density at radius 3 is 2.82 bits per heavy atom. The van der Waals surface area contributed by atoms with Crippen molar-refractivity contribution in [1.82, 2.24) is 5.06 Å². The molecular weight excluding hydrogens is 290 g/mol. The Hall–Kier alpha value is -0.510. The molecule has 0 N–H and O–H groups in total. The van der Waals surface area contributed by atoms with Gasteiger partial charge in [0.05, 0.1) is 12.1 Å². The van der Waals surface area contributed by atoms with Gasteiger partial charge in [-0.15, -0.1) is 11.8 Å². The van der Waals surface area contributed by atoms with Crippen molar-refractivity contribution in [3.63, 3.8) is 0 Å². The number of rotatable bonds is 2. The van der Waals surface area contributed by atoms with Gasteiger partial charge in [-0.1, -0.05) is 38.0 Å². The molecule has 3 heteroatoms. The topological polar surface area (TPSA) is 12.5 Å². The lowest BCUT2D eigenvalue weighted by molar-refractivity contribution is -0.151. The smallest absolute Gasteiger partial charge is 0.0865 e. The van der Waals surface area contributed by atoms with Crippen LogP contribution in [0.3, 0.4) is 0 Å². The molecule has 22 heavy (non-hydrogen) atoms. The van der Waals surface area contributed by atoms with E-state index in [9.17, 15) is 0 Å². The Labute approximate surface area is 137 Å². The summed E-state index contributed by atoms with van der Waals surface area (Å²) in [5.41, 5.74) is 0.463. The maximum Gasteiger partial charge on any atom is 0.0865 e. The Kier molecular flexibility index (Phi) is 3.00. The molecule has 2 nitrogen and oxygen atoms in total. The Bertz CT molecular complexity index is 578. The molecule has 0 radical (unpaired) electrons. The largest absolute Gasteiger partial charge is 0.295 e. The molecule has 118 valence electrons. The molecule has 0 amide bonds. The number of hydrogen-bond acceptors (Lipinski definition) is 3. The van der Waals surface area contributed by atoms with E-state index in [2.05, 4.69) is 54.1 Å². The van der Waals surface area contributed by atoms with Crippen molar-refractivity contribution in [3.8, 4) is 0 Å². The molecular formula is C19H25NOS. The molecule has 1 spiro atoms. The summed E-state index contributed by atoms with van der Waals surface area (Å²) in [6, 6.07) is 11.7. The molecule has 0 aromatic heterocycles. The van der Waals surface area contributed by atoms with Crippen LogP contribution in [0, 0.1) is 11.3 Å². The lowest BCUT2D eigenvalue weighted by atomic mass is 9.63. The molecule has 2 heterocycles. The molecule has 1 aromatic carbocycles. The fraction of sp³-hybridized carbons (Fsp3) is 0.684. The summed E-state index contributed by atoms with van der Waals surface area (Å²) >= 11 is 2.16. The van der Waals surface area contributed by atoms with Gasteiger partial charge in [0.2, 0.25) is 0 Å². The standard InChI is InChI=1S/C19H25NOS/c1-14-13-20-17-18(10-5-9-16(18)21-20)11-6-12-19(14,17)22-15-7-3-2-4-8-15/h2-4,7-8,14,16-17H,5-6,9-13H2,1H3/t14-,16-,17+,18-,19-/m1/s1. The molecule has 1 aromatic rings. The van der Waals surface area contributed by atoms with E-state index in [0.29, 0.717) is 28.2 Å². The van der Waals surface area contributed by atoms with Crippen LogP contribution in [0.5, 0.6) is 0 Å². The molecule has 4 fully saturated rings. The van der Waals surface area contributed by atoms with Crippen LogP contribution >= 0.6 is 11.8 Å². The lowest BCUT2D eigenvalue weighted by Crippen LogP contribution is -2.54. The van der Waals surface area contributed by atoms with Gasteiger partial charge in [0, 0.05) is 21.6 Å². The van der Waals surface area contributed by atoms with Gasteiger partial charge < -0.3 is 0 Å². The zero-order valence-electron chi connectivity index (χ0n) is 13.3. The minimum atomic E-state index is 0.360. The summed E-state index contributed by atoms with van der Waals surface area (Å²) in [7, 11) is 0. The summed E-state index contributed by atoms with van der Waals surface area (Å²) in [4.78, 5) is 7.91. The van der Waals surface area contributed by atoms with Crippen LogP contribution in [0.15, 0.2) is 35.2 Å². The first-order chi connectivity index (χ1) is 10.7. The van der Waals surface area contributed by atoms with E-state index < -0.39 is 0 Å². The van der Waals surface area contributed by atoms with Gasteiger partial charge in [-0.3, -0.25) is 4.84 Å². The van der Waals surface area contributed by atoms with Crippen LogP contribution in [0.1, 0.15) is 45.4 Å². The van der Waals surface area contributed by atoms with Gasteiger partial charge in [-0.2, -0.15) is 5.06 Å². The Morgan fingerprint density at radius 1 is 1.14 bits per heavy atom. The van der Waals surface area contributed by atoms with Crippen molar-refractivity contribution in [2.75, 3.05) is 6.54 Å². The lowest BCUT2D eigenvalue weighted by Gasteiger charge is -2.49. The molecule has 5 atom stereocenters. The van der Waals surface area contributed by atoms with Crippen molar-refractivity contribution >= 4 is 11.8 Å². The van der Waals surface area contributed by atoms with E-state index in [1.165, 1.54) is 43.4 Å². The summed E-state index contributed by atoms with van der Waals surface area (Å²) in [6.07, 6.45) is 8.69. The SMILES string of the molecule is C[C@@H]1CN2O[C@@H]3CCC[C@@]34CCC[C@]1(Sc1ccccc1)[C@@H]24. The van der Waals surface area contributed by atoms with Crippen LogP contribution in [0.2, 0.25) is 0 Å². The van der Waals surface area contributed by atoms with E-state index >= 15 is 0 Å². The van der Waals surface area contributed by atoms with E-state index in [1.807, 2.05) is 0 Å². The zero-order valence-corrected chi connectivity index (χ0v) is 14.1. The van der Waals surface area contributed by atoms with E-state index in [0.717, 1.165) is 6.54 Å². The molecule has 2 aliphatic heterocycles. The number of hydroxylamine groups is 2. The molecule has 2 aliphatic carbocycles. The van der Waals surface area contributed by atoms with Crippen molar-refractivity contribution in [3.05, 3.63) is 30.3 Å². The van der Waals surface area contributed by atoms with Crippen LogP contribution in [-0.2, 0) is 4.84 Å². The third-order valence-electron chi connectivity index (χ3n) is 6.86. The second kappa shape index (κ2) is 4.75. The summed E-state index contributed by atoms with van der Waals surface area (Å²) in [6.45, 7) is 3.59. The van der Waals surface area contributed by atoms with Crippen molar-refractivity contribution in [2.45, 2.75) is 67.2 Å². The number of hydrogen-bond donors (Lipinski definition) is 0. The number of nitrogens with zero attached hydrogens (tertiary/aromatic N) is 1. The minimum Gasteiger partial charge on any atom is -0.295 e. The quantitative estimate of drug-likeness (QED) is 0.797. The Balaban J connectivity index is 1.58. The normalized spacial score (nSPS) is 46.7. The minimum absolute atomic E-state index is 0.360. The van der Waals surface area contributed by atoms with Crippen LogP contribution < -0.4 is 0 Å². The predicted molar refractivity (Wildman–Crippen MR) is 89.7 cm³/mol. The number of benzene rings is 1. The van der Waals surface area contributed by atoms with Crippen LogP contribution in [0.4, 0.5) is 0 Å². The first kappa shape index (κ1) is 13.9. The highest BCUT2D eigenvalue weighted by Crippen LogP contribution is 2.67. The average molecular weight is 315 g/mol. The highest BCUT2D eigenvalue weighted by molar-refractivity contribution is 8.00. The van der Waals surface area contributed by atoms with Crippen molar-refractivity contribution in [1.29, 1.82) is 0 Å². The van der Waals surface area contributed by atoms with Gasteiger partial charge in [-0.05, 0) is 43.7 Å². The molecule has 2 saturated carbocycles. The van der Waals surface area contributed by atoms with Gasteiger partial charge in [0.15, 0.2) is 0 Å². The van der Waals surface area contributed by atoms with Crippen molar-refractivity contribution < 1.29 is 4.84 Å². The molecule has 4 aliphatic rings. The fourth-order valence-corrected chi connectivity index (χ4v) is 7.75. The van der Waals surface area contributed by atoms with Gasteiger partial charge in [0.25, 0.3) is 0 Å². The zero-order chi connectivity index (χ0) is 14.8. The maximum atomic E-state index is 6.47. The van der Waals surface area contributed by atoms with E-state index in [1.54, 1.807) is 0 Å². The first-order valence-corrected chi connectivity index (χ1v) is 9.74. The predicted octanol–water partition coefficient (Wildman–Crippen LogP) is 4.51. The van der Waals surface area contributed by atoms with Gasteiger partial charge in [-0.25, -0.2) is 0 Å². The first-order valence-electron chi connectivity index (χ1n) is 8.92. The van der Waals surface area contributed by atoms with Gasteiger partial charge >= 0.3 is 0 Å². The fourth-order valence-electron chi connectivity index (χ4n) is 6.03. The summed E-state index contributed by atoms with van der Waals surface area (Å²) < 4.78 is 0.360. The van der Waals surface area contributed by atoms with Gasteiger partial charge in [0.1, 0.15) is 0 Å². The highest BCUT2D eigenvalue weighted by Gasteiger charge is 2.70. The van der Waals surface area contributed by atoms with E-state index in [4.69, 9.17) is 4.84 Å². The highest BCUT2D eigenvalue weighted by atomic mass is 32.2. The summed E-state index contributed by atoms with van der Waals surface area (Å²) in [5, 5.41) is 2.42. The second-order valence-electron chi connectivity index (χ2n) is 7.85. The van der Waals surface area contributed by atoms with Crippen LogP contribution in [0.25, 0.3) is 0 Å². The average Bonchev–Trinajstić information content (AvgIpc) is 3.11. The molecule has 0 unspecified atom stereocenters. The van der Waals surface area contributed by atoms with E-state index in [-0.39, 0.29) is 0 Å². The summed E-state index contributed by atoms with van der Waals surface area (Å²) in [5.74, 6) is 0.710. The third-order valence-corrected chi connectivity index (χ3v) is 8.57.